The van der Waals surface area contributed by atoms with Gasteiger partial charge in [0, 0.05) is 0 Å². The number of aliphatic hydroxyl groups is 12. The second-order valence-electron chi connectivity index (χ2n) is 8.87. The average molecular weight is 534 g/mol. The van der Waals surface area contributed by atoms with Crippen LogP contribution in [0.25, 0.3) is 0 Å². The van der Waals surface area contributed by atoms with Crippen molar-refractivity contribution in [3.05, 3.63) is 0 Å². The van der Waals surface area contributed by atoms with Crippen molar-refractivity contribution in [1.29, 1.82) is 0 Å². The zero-order valence-corrected chi connectivity index (χ0v) is 18.8. The molecule has 3 unspecified atom stereocenters. The van der Waals surface area contributed by atoms with E-state index < -0.39 is 118 Å². The number of ether oxygens (including phenoxy) is 5. The van der Waals surface area contributed by atoms with E-state index in [1.54, 1.807) is 0 Å². The van der Waals surface area contributed by atoms with E-state index in [0.717, 1.165) is 0 Å². The monoisotopic (exact) mass is 534 g/mol. The average Bonchev–Trinajstić information content (AvgIpc) is 2.86. The standard InChI is InChI=1S/C19H34O17/c20-1-4(22)15-12(28)10(26)13(29)18(35-15)32-3-6-8(24)9(25)14(30)19(34-6)36-16-11(27)7(23)5(2-21)33-17(16)31/h4-31H,1-3H2/t4-,5-,6-,7-,8-,9+,10+,11+,12+,13+,14-,15-,16-,17?,18?,19?/m1/s1. The van der Waals surface area contributed by atoms with E-state index in [0.29, 0.717) is 0 Å². The van der Waals surface area contributed by atoms with Gasteiger partial charge in [0.2, 0.25) is 0 Å². The van der Waals surface area contributed by atoms with Gasteiger partial charge in [-0.1, -0.05) is 0 Å². The molecule has 3 heterocycles. The van der Waals surface area contributed by atoms with E-state index in [4.69, 9.17) is 33.9 Å². The molecule has 0 bridgehead atoms. The Bertz CT molecular complexity index is 686. The Morgan fingerprint density at radius 1 is 0.611 bits per heavy atom. The largest absolute Gasteiger partial charge is 0.394 e. The predicted molar refractivity (Wildman–Crippen MR) is 107 cm³/mol. The molecule has 17 nitrogen and oxygen atoms in total. The molecule has 3 fully saturated rings. The Hall–Kier alpha value is -0.680. The molecule has 17 heteroatoms. The summed E-state index contributed by atoms with van der Waals surface area (Å²) < 4.78 is 26.2. The van der Waals surface area contributed by atoms with Crippen LogP contribution in [0, 0.1) is 0 Å². The van der Waals surface area contributed by atoms with Gasteiger partial charge in [0.15, 0.2) is 18.9 Å². The van der Waals surface area contributed by atoms with Crippen LogP contribution in [0.2, 0.25) is 0 Å². The maximum absolute atomic E-state index is 10.3. The van der Waals surface area contributed by atoms with Crippen molar-refractivity contribution in [1.82, 2.24) is 0 Å². The zero-order valence-electron chi connectivity index (χ0n) is 18.8. The smallest absolute Gasteiger partial charge is 0.187 e. The van der Waals surface area contributed by atoms with Crippen LogP contribution < -0.4 is 0 Å². The second kappa shape index (κ2) is 12.5. The van der Waals surface area contributed by atoms with E-state index in [-0.39, 0.29) is 0 Å². The fraction of sp³-hybridized carbons (Fsp3) is 1.00. The lowest BCUT2D eigenvalue weighted by Crippen LogP contribution is -2.65. The quantitative estimate of drug-likeness (QED) is 0.138. The summed E-state index contributed by atoms with van der Waals surface area (Å²) in [5.41, 5.74) is 0. The third-order valence-corrected chi connectivity index (χ3v) is 6.40. The minimum atomic E-state index is -1.92. The second-order valence-corrected chi connectivity index (χ2v) is 8.87. The molecule has 212 valence electrons. The Morgan fingerprint density at radius 2 is 1.19 bits per heavy atom. The molecule has 0 aromatic rings. The molecule has 0 aliphatic carbocycles. The van der Waals surface area contributed by atoms with Crippen LogP contribution in [-0.2, 0) is 23.7 Å². The minimum absolute atomic E-state index is 0.682. The molecule has 0 aromatic carbocycles. The summed E-state index contributed by atoms with van der Waals surface area (Å²) in [6.07, 6.45) is -27.7. The third-order valence-electron chi connectivity index (χ3n) is 6.40. The summed E-state index contributed by atoms with van der Waals surface area (Å²) in [5.74, 6) is 0. The van der Waals surface area contributed by atoms with Gasteiger partial charge in [0.1, 0.15) is 79.4 Å². The highest BCUT2D eigenvalue weighted by Crippen LogP contribution is 2.30. The molecule has 16 atom stereocenters. The van der Waals surface area contributed by atoms with Gasteiger partial charge < -0.3 is 85.0 Å². The normalized spacial score (nSPS) is 51.2. The fourth-order valence-corrected chi connectivity index (χ4v) is 4.16. The molecule has 3 rings (SSSR count). The summed E-state index contributed by atoms with van der Waals surface area (Å²) in [6.45, 7) is -2.26. The molecular formula is C19H34O17. The van der Waals surface area contributed by atoms with Crippen LogP contribution in [-0.4, -0.2) is 179 Å². The lowest BCUT2D eigenvalue weighted by molar-refractivity contribution is -0.368. The van der Waals surface area contributed by atoms with E-state index in [9.17, 15) is 51.1 Å². The first kappa shape index (κ1) is 29.9. The van der Waals surface area contributed by atoms with E-state index in [1.807, 2.05) is 0 Å². The van der Waals surface area contributed by atoms with Crippen LogP contribution >= 0.6 is 0 Å². The van der Waals surface area contributed by atoms with Gasteiger partial charge in [-0.3, -0.25) is 0 Å². The first-order valence-electron chi connectivity index (χ1n) is 11.2. The van der Waals surface area contributed by atoms with Crippen LogP contribution in [0.15, 0.2) is 0 Å². The minimum Gasteiger partial charge on any atom is -0.394 e. The zero-order chi connectivity index (χ0) is 26.9. The summed E-state index contributed by atoms with van der Waals surface area (Å²) in [7, 11) is 0. The molecule has 0 amide bonds. The van der Waals surface area contributed by atoms with Gasteiger partial charge in [-0.05, 0) is 0 Å². The van der Waals surface area contributed by atoms with Crippen molar-refractivity contribution >= 4 is 0 Å². The molecule has 36 heavy (non-hydrogen) atoms. The number of hydrogen-bond acceptors (Lipinski definition) is 17. The van der Waals surface area contributed by atoms with Crippen molar-refractivity contribution in [3.8, 4) is 0 Å². The Labute approximate surface area is 203 Å². The maximum Gasteiger partial charge on any atom is 0.187 e. The number of hydrogen-bond donors (Lipinski definition) is 12. The summed E-state index contributed by atoms with van der Waals surface area (Å²) in [6, 6.07) is 0. The summed E-state index contributed by atoms with van der Waals surface area (Å²) >= 11 is 0. The highest BCUT2D eigenvalue weighted by atomic mass is 16.7. The fourth-order valence-electron chi connectivity index (χ4n) is 4.16. The number of rotatable bonds is 8. The molecule has 0 aromatic heterocycles. The van der Waals surface area contributed by atoms with Crippen LogP contribution in [0.4, 0.5) is 0 Å². The van der Waals surface area contributed by atoms with Gasteiger partial charge >= 0.3 is 0 Å². The van der Waals surface area contributed by atoms with Crippen LogP contribution in [0.3, 0.4) is 0 Å². The van der Waals surface area contributed by atoms with Gasteiger partial charge in [-0.15, -0.1) is 0 Å². The molecule has 0 spiro atoms. The molecule has 3 saturated heterocycles. The van der Waals surface area contributed by atoms with E-state index >= 15 is 0 Å². The molecule has 0 saturated carbocycles. The van der Waals surface area contributed by atoms with Gasteiger partial charge in [0.05, 0.1) is 19.8 Å². The van der Waals surface area contributed by atoms with Crippen molar-refractivity contribution in [3.63, 3.8) is 0 Å². The van der Waals surface area contributed by atoms with Crippen LogP contribution in [0.1, 0.15) is 0 Å². The predicted octanol–water partition coefficient (Wildman–Crippen LogP) is -8.21. The first-order chi connectivity index (χ1) is 16.9. The van der Waals surface area contributed by atoms with Gasteiger partial charge in [-0.2, -0.15) is 0 Å². The summed E-state index contributed by atoms with van der Waals surface area (Å²) in [5, 5.41) is 119. The van der Waals surface area contributed by atoms with Crippen molar-refractivity contribution in [2.24, 2.45) is 0 Å². The highest BCUT2D eigenvalue weighted by Gasteiger charge is 2.51. The summed E-state index contributed by atoms with van der Waals surface area (Å²) in [4.78, 5) is 0. The van der Waals surface area contributed by atoms with Crippen molar-refractivity contribution < 1.29 is 85.0 Å². The lowest BCUT2D eigenvalue weighted by Gasteiger charge is -2.45. The number of aliphatic hydroxyl groups excluding tert-OH is 12. The lowest BCUT2D eigenvalue weighted by atomic mass is 9.95. The Balaban J connectivity index is 1.66. The van der Waals surface area contributed by atoms with E-state index in [1.165, 1.54) is 0 Å². The maximum atomic E-state index is 10.3. The SMILES string of the molecule is OC[C@@H](O)[C@H]1OC(OC[C@H]2OC(O[C@H]3C(O)O[C@H](CO)[C@@H](O)[C@@H]3O)[C@H](O)[C@@H](O)[C@@H]2O)[C@@H](O)[C@@H](O)[C@@H]1O. The van der Waals surface area contributed by atoms with Crippen LogP contribution in [0.5, 0.6) is 0 Å². The van der Waals surface area contributed by atoms with Gasteiger partial charge in [0.25, 0.3) is 0 Å². The van der Waals surface area contributed by atoms with Crippen molar-refractivity contribution in [2.45, 2.75) is 98.2 Å². The van der Waals surface area contributed by atoms with Gasteiger partial charge in [-0.25, -0.2) is 0 Å². The molecule has 0 radical (unpaired) electrons. The third kappa shape index (κ3) is 5.98. The topological polar surface area (TPSA) is 289 Å². The van der Waals surface area contributed by atoms with Crippen molar-refractivity contribution in [2.75, 3.05) is 19.8 Å². The Kier molecular flexibility index (Phi) is 10.3. The Morgan fingerprint density at radius 3 is 1.81 bits per heavy atom. The highest BCUT2D eigenvalue weighted by molar-refractivity contribution is 4.95. The molecular weight excluding hydrogens is 500 g/mol. The van der Waals surface area contributed by atoms with E-state index in [2.05, 4.69) is 0 Å². The molecule has 12 N–H and O–H groups in total. The molecule has 3 aliphatic heterocycles. The molecule has 3 aliphatic rings. The first-order valence-corrected chi connectivity index (χ1v) is 11.2.